The van der Waals surface area contributed by atoms with Crippen LogP contribution in [-0.2, 0) is 0 Å². The summed E-state index contributed by atoms with van der Waals surface area (Å²) in [5, 5.41) is 12.7. The second-order valence-electron chi connectivity index (χ2n) is 16.7. The lowest BCUT2D eigenvalue weighted by molar-refractivity contribution is 1.13. The van der Waals surface area contributed by atoms with Crippen molar-refractivity contribution < 1.29 is 0 Å². The van der Waals surface area contributed by atoms with Crippen LogP contribution in [0.2, 0.25) is 0 Å². The van der Waals surface area contributed by atoms with Gasteiger partial charge in [-0.2, -0.15) is 0 Å². The minimum atomic E-state index is -2.75. The number of para-hydroxylation sites is 3. The third kappa shape index (κ3) is 5.31. The monoisotopic (exact) mass is 832 g/mol. The fourth-order valence-electron chi connectivity index (χ4n) is 10.8. The molecule has 0 aliphatic rings. The Morgan fingerprint density at radius 2 is 0.656 bits per heavy atom. The molecule has 5 heteroatoms. The van der Waals surface area contributed by atoms with Crippen molar-refractivity contribution >= 4 is 94.4 Å². The third-order valence-corrected chi connectivity index (χ3v) is 18.2. The van der Waals surface area contributed by atoms with Gasteiger partial charge in [0.15, 0.2) is 8.07 Å². The molecule has 4 heterocycles. The second kappa shape index (κ2) is 14.4. The van der Waals surface area contributed by atoms with E-state index in [0.29, 0.717) is 0 Å². The summed E-state index contributed by atoms with van der Waals surface area (Å²) in [7, 11) is -2.75. The summed E-state index contributed by atoms with van der Waals surface area (Å²) >= 11 is 0. The number of rotatable bonds is 7. The van der Waals surface area contributed by atoms with Crippen LogP contribution in [0.15, 0.2) is 243 Å². The Morgan fingerprint density at radius 3 is 1.19 bits per heavy atom. The molecule has 0 aliphatic heterocycles. The molecule has 0 saturated carbocycles. The molecule has 0 saturated heterocycles. The molecule has 64 heavy (non-hydrogen) atoms. The van der Waals surface area contributed by atoms with Crippen LogP contribution < -0.4 is 20.7 Å². The molecular weight excluding hydrogens is 793 g/mol. The Balaban J connectivity index is 1.01. The van der Waals surface area contributed by atoms with E-state index in [1.54, 1.807) is 0 Å². The number of nitrogens with zero attached hydrogens (tertiary/aromatic N) is 4. The average Bonchev–Trinajstić information content (AvgIpc) is 4.01. The van der Waals surface area contributed by atoms with E-state index in [9.17, 15) is 0 Å². The van der Waals surface area contributed by atoms with Gasteiger partial charge in [0.25, 0.3) is 0 Å². The van der Waals surface area contributed by atoms with Crippen LogP contribution in [0.1, 0.15) is 0 Å². The SMILES string of the molecule is c1ccc([Si](c2ccccc2)(c2ccccc2)c2cccc(-n3c4ccccc4c4cc(-n5c6ccccc6c6cc(-n7c8ccccc8c8cccnc87)ccc65)ccc43)c2)cc1. The highest BCUT2D eigenvalue weighted by molar-refractivity contribution is 7.19. The van der Waals surface area contributed by atoms with Gasteiger partial charge in [0.05, 0.1) is 27.6 Å². The molecule has 13 rings (SSSR count). The number of hydrogen-bond donors (Lipinski definition) is 0. The molecule has 300 valence electrons. The maximum atomic E-state index is 4.88. The predicted octanol–water partition coefficient (Wildman–Crippen LogP) is 11.8. The van der Waals surface area contributed by atoms with Crippen molar-refractivity contribution in [1.82, 2.24) is 18.7 Å². The van der Waals surface area contributed by atoms with Crippen LogP contribution in [0, 0.1) is 0 Å². The molecule has 0 aliphatic carbocycles. The molecule has 0 bridgehead atoms. The average molecular weight is 833 g/mol. The molecule has 0 N–H and O–H groups in total. The maximum absolute atomic E-state index is 4.88. The zero-order valence-electron chi connectivity index (χ0n) is 34.9. The lowest BCUT2D eigenvalue weighted by Crippen LogP contribution is -2.74. The van der Waals surface area contributed by atoms with Crippen molar-refractivity contribution in [3.05, 3.63) is 243 Å². The van der Waals surface area contributed by atoms with Gasteiger partial charge in [-0.1, -0.05) is 158 Å². The van der Waals surface area contributed by atoms with Crippen LogP contribution in [0.25, 0.3) is 82.6 Å². The highest BCUT2D eigenvalue weighted by Gasteiger charge is 2.41. The van der Waals surface area contributed by atoms with E-state index in [2.05, 4.69) is 244 Å². The van der Waals surface area contributed by atoms with Crippen LogP contribution in [-0.4, -0.2) is 26.8 Å². The van der Waals surface area contributed by atoms with Gasteiger partial charge < -0.3 is 9.13 Å². The smallest absolute Gasteiger partial charge is 0.179 e. The first-order chi connectivity index (χ1) is 31.8. The van der Waals surface area contributed by atoms with Gasteiger partial charge in [0.1, 0.15) is 5.65 Å². The van der Waals surface area contributed by atoms with Gasteiger partial charge in [-0.05, 0) is 99.6 Å². The van der Waals surface area contributed by atoms with E-state index in [1.807, 2.05) is 12.3 Å². The number of benzene rings is 9. The summed E-state index contributed by atoms with van der Waals surface area (Å²) in [6, 6.07) is 87.3. The molecule has 0 radical (unpaired) electrons. The highest BCUT2D eigenvalue weighted by Crippen LogP contribution is 2.39. The molecule has 0 spiro atoms. The third-order valence-electron chi connectivity index (χ3n) is 13.4. The maximum Gasteiger partial charge on any atom is 0.179 e. The fraction of sp³-hybridized carbons (Fsp3) is 0. The summed E-state index contributed by atoms with van der Waals surface area (Å²) in [5.41, 5.74) is 10.2. The standard InChI is InChI=1S/C59H40N4Si/c1-4-19-44(20-5-1)64(45-21-6-2-7-22-45,46-23-8-3-9-24-46)47-25-16-18-41(38-47)61-54-30-13-11-27-49(54)52-39-42(33-35-57(52)61)62-55-31-14-12-28-50(55)53-40-43(34-36-58(53)62)63-56-32-15-10-26-48(56)51-29-17-37-60-59(51)63/h1-40H. The van der Waals surface area contributed by atoms with E-state index in [0.717, 1.165) is 33.6 Å². The summed E-state index contributed by atoms with van der Waals surface area (Å²) < 4.78 is 7.21. The number of pyridine rings is 1. The Morgan fingerprint density at radius 1 is 0.266 bits per heavy atom. The van der Waals surface area contributed by atoms with Gasteiger partial charge >= 0.3 is 0 Å². The Hall–Kier alpha value is -8.25. The number of hydrogen-bond acceptors (Lipinski definition) is 1. The largest absolute Gasteiger partial charge is 0.309 e. The van der Waals surface area contributed by atoms with Crippen LogP contribution in [0.5, 0.6) is 0 Å². The summed E-state index contributed by atoms with van der Waals surface area (Å²) in [6.07, 6.45) is 1.89. The molecular formula is C59H40N4Si. The summed E-state index contributed by atoms with van der Waals surface area (Å²) in [6.45, 7) is 0. The normalized spacial score (nSPS) is 12.1. The van der Waals surface area contributed by atoms with Crippen LogP contribution in [0.3, 0.4) is 0 Å². The van der Waals surface area contributed by atoms with E-state index >= 15 is 0 Å². The van der Waals surface area contributed by atoms with E-state index in [4.69, 9.17) is 4.98 Å². The molecule has 0 unspecified atom stereocenters. The molecule has 9 aromatic carbocycles. The van der Waals surface area contributed by atoms with Crippen molar-refractivity contribution in [2.75, 3.05) is 0 Å². The summed E-state index contributed by atoms with van der Waals surface area (Å²) in [4.78, 5) is 4.88. The van der Waals surface area contributed by atoms with Crippen molar-refractivity contribution in [2.45, 2.75) is 0 Å². The molecule has 4 aromatic heterocycles. The Kier molecular flexibility index (Phi) is 8.20. The quantitative estimate of drug-likeness (QED) is 0.116. The van der Waals surface area contributed by atoms with E-state index < -0.39 is 8.07 Å². The van der Waals surface area contributed by atoms with Gasteiger partial charge in [0, 0.05) is 55.6 Å². The zero-order chi connectivity index (χ0) is 42.2. The second-order valence-corrected chi connectivity index (χ2v) is 20.5. The van der Waals surface area contributed by atoms with Gasteiger partial charge in [-0.3, -0.25) is 4.57 Å². The topological polar surface area (TPSA) is 27.7 Å². The fourth-order valence-corrected chi connectivity index (χ4v) is 15.5. The molecule has 0 fully saturated rings. The molecule has 0 amide bonds. The van der Waals surface area contributed by atoms with E-state index in [-0.39, 0.29) is 0 Å². The minimum Gasteiger partial charge on any atom is -0.309 e. The van der Waals surface area contributed by atoms with Gasteiger partial charge in [-0.25, -0.2) is 4.98 Å². The van der Waals surface area contributed by atoms with Gasteiger partial charge in [-0.15, -0.1) is 0 Å². The van der Waals surface area contributed by atoms with Gasteiger partial charge in [0.2, 0.25) is 0 Å². The van der Waals surface area contributed by atoms with Crippen LogP contribution >= 0.6 is 0 Å². The molecule has 13 aromatic rings. The highest BCUT2D eigenvalue weighted by atomic mass is 28.3. The first-order valence-corrected chi connectivity index (χ1v) is 24.0. The lowest BCUT2D eigenvalue weighted by atomic mass is 10.1. The van der Waals surface area contributed by atoms with Crippen molar-refractivity contribution in [3.63, 3.8) is 0 Å². The zero-order valence-corrected chi connectivity index (χ0v) is 35.9. The van der Waals surface area contributed by atoms with Crippen molar-refractivity contribution in [2.24, 2.45) is 0 Å². The number of fused-ring (bicyclic) bond motifs is 9. The van der Waals surface area contributed by atoms with E-state index in [1.165, 1.54) is 69.7 Å². The van der Waals surface area contributed by atoms with Crippen molar-refractivity contribution in [1.29, 1.82) is 0 Å². The first kappa shape index (κ1) is 36.4. The molecule has 4 nitrogen and oxygen atoms in total. The first-order valence-electron chi connectivity index (χ1n) is 22.0. The van der Waals surface area contributed by atoms with Crippen molar-refractivity contribution in [3.8, 4) is 17.1 Å². The predicted molar refractivity (Wildman–Crippen MR) is 271 cm³/mol. The Bertz CT molecular complexity index is 3750. The molecule has 0 atom stereocenters. The van der Waals surface area contributed by atoms with Crippen LogP contribution in [0.4, 0.5) is 0 Å². The summed E-state index contributed by atoms with van der Waals surface area (Å²) in [5.74, 6) is 0. The minimum absolute atomic E-state index is 0.965. The lowest BCUT2D eigenvalue weighted by Gasteiger charge is -2.34. The number of aromatic nitrogens is 4. The Labute approximate surface area is 371 Å².